The summed E-state index contributed by atoms with van der Waals surface area (Å²) < 4.78 is 0. The van der Waals surface area contributed by atoms with Crippen molar-refractivity contribution in [2.75, 3.05) is 12.4 Å². The summed E-state index contributed by atoms with van der Waals surface area (Å²) in [5, 5.41) is 9.68. The average Bonchev–Trinajstić information content (AvgIpc) is 2.33. The highest BCUT2D eigenvalue weighted by Gasteiger charge is 2.29. The second kappa shape index (κ2) is 3.63. The molecule has 2 heteroatoms. The summed E-state index contributed by atoms with van der Waals surface area (Å²) >= 11 is 2.02. The van der Waals surface area contributed by atoms with Crippen LogP contribution in [0.15, 0.2) is 0 Å². The molecule has 1 rings (SSSR count). The van der Waals surface area contributed by atoms with E-state index in [0.717, 1.165) is 5.92 Å². The van der Waals surface area contributed by atoms with E-state index in [1.807, 2.05) is 11.8 Å². The Hall–Kier alpha value is 0.310. The van der Waals surface area contributed by atoms with Crippen LogP contribution in [0.5, 0.6) is 0 Å². The highest BCUT2D eigenvalue weighted by molar-refractivity contribution is 8.00. The Labute approximate surface area is 67.2 Å². The monoisotopic (exact) mass is 160 g/mol. The van der Waals surface area contributed by atoms with Gasteiger partial charge in [-0.15, -0.1) is 0 Å². The van der Waals surface area contributed by atoms with Crippen LogP contribution in [-0.4, -0.2) is 22.7 Å². The van der Waals surface area contributed by atoms with Gasteiger partial charge >= 0.3 is 0 Å². The summed E-state index contributed by atoms with van der Waals surface area (Å²) in [5.74, 6) is 2.54. The van der Waals surface area contributed by atoms with Crippen molar-refractivity contribution < 1.29 is 5.11 Å². The summed E-state index contributed by atoms with van der Waals surface area (Å²) in [4.78, 5) is 0. The lowest BCUT2D eigenvalue weighted by Gasteiger charge is -2.19. The third-order valence-electron chi connectivity index (χ3n) is 2.16. The maximum absolute atomic E-state index is 8.97. The van der Waals surface area contributed by atoms with Crippen molar-refractivity contribution in [3.63, 3.8) is 0 Å². The molecule has 1 saturated heterocycles. The second-order valence-corrected chi connectivity index (χ2v) is 4.60. The molecule has 0 aliphatic carbocycles. The zero-order valence-electron chi connectivity index (χ0n) is 6.71. The van der Waals surface area contributed by atoms with E-state index in [4.69, 9.17) is 5.11 Å². The normalized spacial score (nSPS) is 33.6. The van der Waals surface area contributed by atoms with Crippen molar-refractivity contribution in [3.05, 3.63) is 0 Å². The molecule has 0 bridgehead atoms. The molecule has 1 N–H and O–H groups in total. The van der Waals surface area contributed by atoms with Gasteiger partial charge in [-0.3, -0.25) is 0 Å². The van der Waals surface area contributed by atoms with Crippen LogP contribution in [0.3, 0.4) is 0 Å². The number of hydrogen-bond acceptors (Lipinski definition) is 2. The van der Waals surface area contributed by atoms with Crippen molar-refractivity contribution in [1.29, 1.82) is 0 Å². The Kier molecular flexibility index (Phi) is 3.05. The zero-order chi connectivity index (χ0) is 7.56. The van der Waals surface area contributed by atoms with E-state index >= 15 is 0 Å². The predicted octanol–water partition coefficient (Wildman–Crippen LogP) is 1.76. The highest BCUT2D eigenvalue weighted by Crippen LogP contribution is 2.36. The van der Waals surface area contributed by atoms with Gasteiger partial charge in [0.05, 0.1) is 0 Å². The van der Waals surface area contributed by atoms with Gasteiger partial charge in [0.2, 0.25) is 0 Å². The molecule has 0 aromatic carbocycles. The molecule has 1 fully saturated rings. The van der Waals surface area contributed by atoms with Crippen LogP contribution < -0.4 is 0 Å². The van der Waals surface area contributed by atoms with E-state index in [9.17, 15) is 0 Å². The van der Waals surface area contributed by atoms with E-state index in [2.05, 4.69) is 13.8 Å². The molecule has 10 heavy (non-hydrogen) atoms. The van der Waals surface area contributed by atoms with Crippen molar-refractivity contribution in [1.82, 2.24) is 0 Å². The number of hydrogen-bond donors (Lipinski definition) is 1. The number of rotatable bonds is 2. The van der Waals surface area contributed by atoms with Crippen molar-refractivity contribution >= 4 is 11.8 Å². The maximum atomic E-state index is 8.97. The lowest BCUT2D eigenvalue weighted by molar-refractivity contribution is 0.214. The molecule has 1 nitrogen and oxygen atoms in total. The molecule has 0 amide bonds. The first-order valence-electron chi connectivity index (χ1n) is 3.98. The van der Waals surface area contributed by atoms with Gasteiger partial charge in [-0.25, -0.2) is 0 Å². The summed E-state index contributed by atoms with van der Waals surface area (Å²) in [6.45, 7) is 4.87. The lowest BCUT2D eigenvalue weighted by Crippen LogP contribution is -2.20. The SMILES string of the molecule is CC(C)C1SCCC1CO. The van der Waals surface area contributed by atoms with Gasteiger partial charge in [-0.1, -0.05) is 13.8 Å². The molecule has 2 atom stereocenters. The van der Waals surface area contributed by atoms with Crippen LogP contribution in [0.25, 0.3) is 0 Å². The molecule has 1 aliphatic heterocycles. The molecular weight excluding hydrogens is 144 g/mol. The fourth-order valence-corrected chi connectivity index (χ4v) is 3.18. The van der Waals surface area contributed by atoms with Gasteiger partial charge in [0, 0.05) is 11.9 Å². The first kappa shape index (κ1) is 8.41. The number of aliphatic hydroxyl groups is 1. The van der Waals surface area contributed by atoms with Gasteiger partial charge in [0.1, 0.15) is 0 Å². The van der Waals surface area contributed by atoms with Crippen LogP contribution >= 0.6 is 11.8 Å². The molecule has 0 radical (unpaired) electrons. The molecule has 0 aromatic heterocycles. The van der Waals surface area contributed by atoms with Crippen LogP contribution in [0, 0.1) is 11.8 Å². The molecule has 0 spiro atoms. The fourth-order valence-electron chi connectivity index (χ4n) is 1.59. The maximum Gasteiger partial charge on any atom is 0.0470 e. The van der Waals surface area contributed by atoms with E-state index in [1.165, 1.54) is 12.2 Å². The van der Waals surface area contributed by atoms with Crippen LogP contribution in [0.4, 0.5) is 0 Å². The van der Waals surface area contributed by atoms with Crippen molar-refractivity contribution in [3.8, 4) is 0 Å². The third kappa shape index (κ3) is 1.67. The van der Waals surface area contributed by atoms with Crippen LogP contribution in [0.2, 0.25) is 0 Å². The van der Waals surface area contributed by atoms with Crippen LogP contribution in [0.1, 0.15) is 20.3 Å². The Morgan fingerprint density at radius 2 is 2.30 bits per heavy atom. The first-order valence-corrected chi connectivity index (χ1v) is 5.03. The fraction of sp³-hybridized carbons (Fsp3) is 1.00. The average molecular weight is 160 g/mol. The van der Waals surface area contributed by atoms with E-state index in [0.29, 0.717) is 17.8 Å². The van der Waals surface area contributed by atoms with Gasteiger partial charge in [0.15, 0.2) is 0 Å². The minimum Gasteiger partial charge on any atom is -0.396 e. The van der Waals surface area contributed by atoms with E-state index in [1.54, 1.807) is 0 Å². The minimum atomic E-state index is 0.385. The summed E-state index contributed by atoms with van der Waals surface area (Å²) in [6.07, 6.45) is 1.21. The van der Waals surface area contributed by atoms with Gasteiger partial charge < -0.3 is 5.11 Å². The minimum absolute atomic E-state index is 0.385. The zero-order valence-corrected chi connectivity index (χ0v) is 7.53. The van der Waals surface area contributed by atoms with Crippen molar-refractivity contribution in [2.24, 2.45) is 11.8 Å². The smallest absolute Gasteiger partial charge is 0.0470 e. The van der Waals surface area contributed by atoms with Gasteiger partial charge in [-0.2, -0.15) is 11.8 Å². The molecule has 0 aromatic rings. The number of thioether (sulfide) groups is 1. The van der Waals surface area contributed by atoms with Crippen LogP contribution in [-0.2, 0) is 0 Å². The van der Waals surface area contributed by atoms with E-state index < -0.39 is 0 Å². The Balaban J connectivity index is 2.42. The quantitative estimate of drug-likeness (QED) is 0.664. The standard InChI is InChI=1S/C8H16OS/c1-6(2)8-7(5-9)3-4-10-8/h6-9H,3-5H2,1-2H3. The molecule has 0 saturated carbocycles. The van der Waals surface area contributed by atoms with Gasteiger partial charge in [-0.05, 0) is 24.0 Å². The third-order valence-corrected chi connectivity index (χ3v) is 3.94. The predicted molar refractivity (Wildman–Crippen MR) is 46.3 cm³/mol. The molecule has 60 valence electrons. The van der Waals surface area contributed by atoms with Crippen molar-refractivity contribution in [2.45, 2.75) is 25.5 Å². The molecular formula is C8H16OS. The van der Waals surface area contributed by atoms with Gasteiger partial charge in [0.25, 0.3) is 0 Å². The first-order chi connectivity index (χ1) is 4.75. The molecule has 1 aliphatic rings. The summed E-state index contributed by atoms with van der Waals surface area (Å²) in [6, 6.07) is 0. The molecule has 2 unspecified atom stereocenters. The topological polar surface area (TPSA) is 20.2 Å². The lowest BCUT2D eigenvalue weighted by atomic mass is 9.95. The Bertz CT molecular complexity index is 103. The Morgan fingerprint density at radius 1 is 1.60 bits per heavy atom. The largest absolute Gasteiger partial charge is 0.396 e. The Morgan fingerprint density at radius 3 is 2.70 bits per heavy atom. The molecule has 1 heterocycles. The van der Waals surface area contributed by atoms with E-state index in [-0.39, 0.29) is 0 Å². The summed E-state index contributed by atoms with van der Waals surface area (Å²) in [7, 11) is 0. The second-order valence-electron chi connectivity index (χ2n) is 3.31. The number of aliphatic hydroxyl groups excluding tert-OH is 1. The summed E-state index contributed by atoms with van der Waals surface area (Å²) in [5.41, 5.74) is 0. The highest BCUT2D eigenvalue weighted by atomic mass is 32.2.